The molecule has 12 heteroatoms. The molecule has 12 nitrogen and oxygen atoms in total. The van der Waals surface area contributed by atoms with Crippen molar-refractivity contribution >= 4 is 17.9 Å². The molecule has 3 rings (SSSR count). The van der Waals surface area contributed by atoms with Gasteiger partial charge in [-0.3, -0.25) is 0 Å². The number of aliphatic hydroxyl groups excluding tert-OH is 1. The van der Waals surface area contributed by atoms with Crippen molar-refractivity contribution < 1.29 is 58.5 Å². The van der Waals surface area contributed by atoms with Crippen molar-refractivity contribution in [1.82, 2.24) is 0 Å². The Labute approximate surface area is 186 Å². The van der Waals surface area contributed by atoms with Crippen LogP contribution in [0, 0.1) is 0 Å². The first-order valence-electron chi connectivity index (χ1n) is 9.34. The van der Waals surface area contributed by atoms with E-state index in [1.54, 1.807) is 0 Å². The normalized spacial score (nSPS) is 19.5. The number of carboxylic acid groups (broad SMARTS) is 1. The monoisotopic (exact) mass is 464 g/mol. The van der Waals surface area contributed by atoms with Gasteiger partial charge in [-0.1, -0.05) is 0 Å². The van der Waals surface area contributed by atoms with Gasteiger partial charge in [-0.15, -0.1) is 0 Å². The average molecular weight is 464 g/mol. The Morgan fingerprint density at radius 3 is 2.27 bits per heavy atom. The highest BCUT2D eigenvalue weighted by Gasteiger charge is 2.49. The van der Waals surface area contributed by atoms with Gasteiger partial charge in [0.1, 0.15) is 13.2 Å². The number of carbonyl (C=O) groups is 3. The van der Waals surface area contributed by atoms with Crippen LogP contribution in [0.5, 0.6) is 28.7 Å². The van der Waals surface area contributed by atoms with Gasteiger partial charge < -0.3 is 44.1 Å². The molecule has 0 spiro atoms. The predicted octanol–water partition coefficient (Wildman–Crippen LogP) is 0.705. The highest BCUT2D eigenvalue weighted by Crippen LogP contribution is 2.42. The number of benzene rings is 2. The highest BCUT2D eigenvalue weighted by atomic mass is 16.6. The van der Waals surface area contributed by atoms with Crippen LogP contribution >= 0.6 is 0 Å². The number of phenols is 1. The number of carboxylic acids is 1. The molecule has 1 heterocycles. The molecule has 1 fully saturated rings. The summed E-state index contributed by atoms with van der Waals surface area (Å²) in [4.78, 5) is 35.0. The molecule has 1 aliphatic rings. The molecule has 0 aliphatic carbocycles. The van der Waals surface area contributed by atoms with E-state index in [1.165, 1.54) is 32.4 Å². The highest BCUT2D eigenvalue weighted by molar-refractivity contribution is 5.91. The lowest BCUT2D eigenvalue weighted by Crippen LogP contribution is -2.47. The number of esters is 2. The molecular weight excluding hydrogens is 444 g/mol. The quantitative estimate of drug-likeness (QED) is 0.403. The van der Waals surface area contributed by atoms with Crippen molar-refractivity contribution in [3.05, 3.63) is 41.5 Å². The number of aromatic hydroxyl groups is 1. The van der Waals surface area contributed by atoms with E-state index in [-0.39, 0.29) is 34.1 Å². The van der Waals surface area contributed by atoms with Gasteiger partial charge in [-0.2, -0.15) is 0 Å². The molecule has 0 radical (unpaired) electrons. The zero-order valence-corrected chi connectivity index (χ0v) is 17.4. The van der Waals surface area contributed by atoms with Crippen LogP contribution in [0.4, 0.5) is 0 Å². The second-order valence-electron chi connectivity index (χ2n) is 6.99. The maximum absolute atomic E-state index is 12.5. The van der Waals surface area contributed by atoms with Gasteiger partial charge in [-0.25, -0.2) is 14.4 Å². The van der Waals surface area contributed by atoms with Gasteiger partial charge in [0.15, 0.2) is 34.7 Å². The summed E-state index contributed by atoms with van der Waals surface area (Å²) < 4.78 is 25.3. The van der Waals surface area contributed by atoms with Gasteiger partial charge >= 0.3 is 17.9 Å². The second kappa shape index (κ2) is 9.22. The Bertz CT molecular complexity index is 1090. The fourth-order valence-corrected chi connectivity index (χ4v) is 2.90. The fourth-order valence-electron chi connectivity index (χ4n) is 2.90. The Morgan fingerprint density at radius 1 is 1.06 bits per heavy atom. The maximum Gasteiger partial charge on any atom is 0.338 e. The second-order valence-corrected chi connectivity index (χ2v) is 6.99. The summed E-state index contributed by atoms with van der Waals surface area (Å²) in [5, 5.41) is 39.4. The molecule has 1 aliphatic heterocycles. The Kier molecular flexibility index (Phi) is 6.60. The first-order chi connectivity index (χ1) is 15.6. The lowest BCUT2D eigenvalue weighted by atomic mass is 10.0. The molecular formula is C21H20O12. The van der Waals surface area contributed by atoms with E-state index in [4.69, 9.17) is 24.1 Å². The summed E-state index contributed by atoms with van der Waals surface area (Å²) in [5.41, 5.74) is -2.33. The molecule has 0 aromatic heterocycles. The number of phenolic OH excluding ortho intramolecular Hbond substituents is 1. The molecule has 2 unspecified atom stereocenters. The standard InChI is InChI=1S/C21H20O12/c1-29-13-5-10(18(24)25)3-4-12(13)33-15-7-11(6-14(30-2)16(15)22)19(26)31-8-21(28)9-32-20(27)17(21)23/h3-7,17,22-23,28H,8-9H2,1-2H3,(H,24,25). The number of aromatic carboxylic acids is 1. The van der Waals surface area contributed by atoms with Crippen LogP contribution < -0.4 is 14.2 Å². The summed E-state index contributed by atoms with van der Waals surface area (Å²) >= 11 is 0. The van der Waals surface area contributed by atoms with E-state index >= 15 is 0 Å². The van der Waals surface area contributed by atoms with E-state index in [0.717, 1.165) is 12.1 Å². The third-order valence-corrected chi connectivity index (χ3v) is 4.78. The number of methoxy groups -OCH3 is 2. The summed E-state index contributed by atoms with van der Waals surface area (Å²) in [7, 11) is 2.52. The van der Waals surface area contributed by atoms with Crippen molar-refractivity contribution in [1.29, 1.82) is 0 Å². The number of hydrogen-bond donors (Lipinski definition) is 4. The van der Waals surface area contributed by atoms with E-state index in [2.05, 4.69) is 4.74 Å². The number of carbonyl (C=O) groups excluding carboxylic acids is 2. The molecule has 176 valence electrons. The van der Waals surface area contributed by atoms with E-state index in [0.29, 0.717) is 0 Å². The third kappa shape index (κ3) is 4.76. The van der Waals surface area contributed by atoms with Gasteiger partial charge in [0.05, 0.1) is 25.3 Å². The molecule has 0 saturated carbocycles. The average Bonchev–Trinajstić information content (AvgIpc) is 3.06. The van der Waals surface area contributed by atoms with E-state index in [9.17, 15) is 29.7 Å². The van der Waals surface area contributed by atoms with Crippen molar-refractivity contribution in [3.8, 4) is 28.7 Å². The Balaban J connectivity index is 1.87. The van der Waals surface area contributed by atoms with Crippen LogP contribution in [0.3, 0.4) is 0 Å². The first-order valence-corrected chi connectivity index (χ1v) is 9.34. The fraction of sp³-hybridized carbons (Fsp3) is 0.286. The van der Waals surface area contributed by atoms with Gasteiger partial charge in [0.25, 0.3) is 0 Å². The summed E-state index contributed by atoms with van der Waals surface area (Å²) in [5.74, 6) is -4.02. The Hall–Kier alpha value is -4.03. The van der Waals surface area contributed by atoms with Gasteiger partial charge in [0.2, 0.25) is 5.75 Å². The smallest absolute Gasteiger partial charge is 0.338 e. The first kappa shape index (κ1) is 23.6. The lowest BCUT2D eigenvalue weighted by Gasteiger charge is -2.22. The van der Waals surface area contributed by atoms with Crippen LogP contribution in [0.15, 0.2) is 30.3 Å². The zero-order chi connectivity index (χ0) is 24.3. The van der Waals surface area contributed by atoms with Crippen LogP contribution in [-0.2, 0) is 14.3 Å². The molecule has 0 bridgehead atoms. The van der Waals surface area contributed by atoms with Crippen molar-refractivity contribution in [2.75, 3.05) is 27.4 Å². The minimum absolute atomic E-state index is 0.0319. The van der Waals surface area contributed by atoms with E-state index < -0.39 is 48.6 Å². The van der Waals surface area contributed by atoms with E-state index in [1.807, 2.05) is 0 Å². The molecule has 0 amide bonds. The number of aliphatic hydroxyl groups is 2. The minimum atomic E-state index is -2.10. The molecule has 2 aromatic carbocycles. The summed E-state index contributed by atoms with van der Waals surface area (Å²) in [6.07, 6.45) is -1.88. The van der Waals surface area contributed by atoms with Crippen LogP contribution in [0.2, 0.25) is 0 Å². The number of cyclic esters (lactones) is 1. The van der Waals surface area contributed by atoms with Gasteiger partial charge in [-0.05, 0) is 30.3 Å². The molecule has 33 heavy (non-hydrogen) atoms. The third-order valence-electron chi connectivity index (χ3n) is 4.78. The van der Waals surface area contributed by atoms with Crippen LogP contribution in [0.1, 0.15) is 20.7 Å². The SMILES string of the molecule is COc1cc(C(=O)O)ccc1Oc1cc(C(=O)OCC2(O)COC(=O)C2O)cc(OC)c1O. The molecule has 4 N–H and O–H groups in total. The van der Waals surface area contributed by atoms with Crippen LogP contribution in [0.25, 0.3) is 0 Å². The molecule has 1 saturated heterocycles. The predicted molar refractivity (Wildman–Crippen MR) is 107 cm³/mol. The van der Waals surface area contributed by atoms with Crippen molar-refractivity contribution in [2.24, 2.45) is 0 Å². The largest absolute Gasteiger partial charge is 0.502 e. The Morgan fingerprint density at radius 2 is 1.70 bits per heavy atom. The number of ether oxygens (including phenoxy) is 5. The molecule has 2 atom stereocenters. The number of hydrogen-bond acceptors (Lipinski definition) is 11. The zero-order valence-electron chi connectivity index (χ0n) is 17.4. The van der Waals surface area contributed by atoms with Crippen molar-refractivity contribution in [2.45, 2.75) is 11.7 Å². The van der Waals surface area contributed by atoms with Crippen molar-refractivity contribution in [3.63, 3.8) is 0 Å². The minimum Gasteiger partial charge on any atom is -0.502 e. The maximum atomic E-state index is 12.5. The van der Waals surface area contributed by atoms with Crippen LogP contribution in [-0.4, -0.2) is 77.5 Å². The van der Waals surface area contributed by atoms with Gasteiger partial charge in [0, 0.05) is 0 Å². The summed E-state index contributed by atoms with van der Waals surface area (Å²) in [6.45, 7) is -1.30. The summed E-state index contributed by atoms with van der Waals surface area (Å²) in [6, 6.07) is 6.02. The number of rotatable bonds is 8. The molecule has 2 aromatic rings. The topological polar surface area (TPSA) is 178 Å². The lowest BCUT2D eigenvalue weighted by molar-refractivity contribution is -0.147.